The van der Waals surface area contributed by atoms with Crippen molar-refractivity contribution >= 4 is 11.6 Å². The van der Waals surface area contributed by atoms with Gasteiger partial charge in [0.2, 0.25) is 5.82 Å². The van der Waals surface area contributed by atoms with Crippen molar-refractivity contribution in [3.63, 3.8) is 0 Å². The Morgan fingerprint density at radius 1 is 1.50 bits per heavy atom. The molecule has 1 atom stereocenters. The Hall–Kier alpha value is -2.56. The third-order valence-electron chi connectivity index (χ3n) is 2.52. The predicted octanol–water partition coefficient (Wildman–Crippen LogP) is 2.30. The van der Waals surface area contributed by atoms with Gasteiger partial charge in [-0.3, -0.25) is 14.9 Å². The van der Waals surface area contributed by atoms with Crippen LogP contribution in [0.15, 0.2) is 12.1 Å². The van der Waals surface area contributed by atoms with Gasteiger partial charge in [0.1, 0.15) is 11.9 Å². The van der Waals surface area contributed by atoms with Gasteiger partial charge in [0.25, 0.3) is 5.91 Å². The quantitative estimate of drug-likeness (QED) is 0.662. The number of nitriles is 1. The smallest absolute Gasteiger partial charge is 0.307 e. The topological polar surface area (TPSA) is 96.0 Å². The summed E-state index contributed by atoms with van der Waals surface area (Å²) in [5.41, 5.74) is -1.73. The van der Waals surface area contributed by atoms with Gasteiger partial charge in [-0.2, -0.15) is 9.65 Å². The van der Waals surface area contributed by atoms with Crippen LogP contribution in [0.1, 0.15) is 30.1 Å². The lowest BCUT2D eigenvalue weighted by Gasteiger charge is -2.11. The van der Waals surface area contributed by atoms with Crippen LogP contribution < -0.4 is 5.32 Å². The molecule has 20 heavy (non-hydrogen) atoms. The van der Waals surface area contributed by atoms with E-state index in [2.05, 4.69) is 5.32 Å². The minimum Gasteiger partial charge on any atom is -0.336 e. The summed E-state index contributed by atoms with van der Waals surface area (Å²) >= 11 is 0. The molecular weight excluding hydrogens is 272 g/mol. The van der Waals surface area contributed by atoms with Gasteiger partial charge in [-0.1, -0.05) is 13.3 Å². The molecule has 8 heteroatoms. The van der Waals surface area contributed by atoms with Gasteiger partial charge in [-0.05, 0) is 12.5 Å². The number of benzene rings is 1. The summed E-state index contributed by atoms with van der Waals surface area (Å²) in [4.78, 5) is 21.0. The van der Waals surface area contributed by atoms with Crippen molar-refractivity contribution in [3.8, 4) is 6.07 Å². The van der Waals surface area contributed by atoms with Crippen molar-refractivity contribution < 1.29 is 18.5 Å². The molecule has 0 aliphatic heterocycles. The molecule has 1 aromatic carbocycles. The maximum atomic E-state index is 13.6. The van der Waals surface area contributed by atoms with Gasteiger partial charge in [-0.15, -0.1) is 0 Å². The number of carbonyl (C=O) groups excluding carboxylic acids is 1. The number of nitrogens with one attached hydrogen (secondary N) is 1. The first-order valence-corrected chi connectivity index (χ1v) is 5.74. The molecule has 0 spiro atoms. The van der Waals surface area contributed by atoms with Crippen LogP contribution in [0.4, 0.5) is 14.5 Å². The second-order valence-electron chi connectivity index (χ2n) is 3.98. The van der Waals surface area contributed by atoms with Crippen LogP contribution in [0, 0.1) is 33.1 Å². The average Bonchev–Trinajstić information content (AvgIpc) is 2.39. The molecule has 0 saturated carbocycles. The number of nitrogens with zero attached hydrogens (tertiary/aromatic N) is 2. The highest BCUT2D eigenvalue weighted by Gasteiger charge is 2.23. The second kappa shape index (κ2) is 6.56. The lowest BCUT2D eigenvalue weighted by molar-refractivity contribution is -0.387. The summed E-state index contributed by atoms with van der Waals surface area (Å²) in [5, 5.41) is 21.4. The number of nitro benzene ring substituents is 1. The van der Waals surface area contributed by atoms with E-state index in [-0.39, 0.29) is 0 Å². The fourth-order valence-corrected chi connectivity index (χ4v) is 1.54. The van der Waals surface area contributed by atoms with E-state index in [9.17, 15) is 23.7 Å². The number of rotatable bonds is 5. The Morgan fingerprint density at radius 2 is 2.15 bits per heavy atom. The van der Waals surface area contributed by atoms with Crippen LogP contribution in [0.25, 0.3) is 0 Å². The van der Waals surface area contributed by atoms with Crippen molar-refractivity contribution in [2.24, 2.45) is 0 Å². The Bertz CT molecular complexity index is 584. The molecular formula is C12H11F2N3O3. The van der Waals surface area contributed by atoms with Gasteiger partial charge in [-0.25, -0.2) is 4.39 Å². The molecule has 0 fully saturated rings. The zero-order valence-electron chi connectivity index (χ0n) is 10.5. The molecule has 0 aliphatic carbocycles. The van der Waals surface area contributed by atoms with E-state index >= 15 is 0 Å². The maximum absolute atomic E-state index is 13.6. The molecule has 0 aromatic heterocycles. The fourth-order valence-electron chi connectivity index (χ4n) is 1.54. The van der Waals surface area contributed by atoms with Gasteiger partial charge in [0.15, 0.2) is 0 Å². The van der Waals surface area contributed by atoms with E-state index in [1.165, 1.54) is 0 Å². The number of hydrogen-bond acceptors (Lipinski definition) is 4. The zero-order valence-corrected chi connectivity index (χ0v) is 10.5. The Balaban J connectivity index is 3.03. The molecule has 1 amide bonds. The normalized spacial score (nSPS) is 11.5. The molecule has 1 rings (SSSR count). The van der Waals surface area contributed by atoms with Gasteiger partial charge in [0, 0.05) is 0 Å². The van der Waals surface area contributed by atoms with Gasteiger partial charge < -0.3 is 5.32 Å². The molecule has 6 nitrogen and oxygen atoms in total. The second-order valence-corrected chi connectivity index (χ2v) is 3.98. The minimum atomic E-state index is -1.31. The first-order valence-electron chi connectivity index (χ1n) is 5.74. The van der Waals surface area contributed by atoms with Crippen LogP contribution in [0.5, 0.6) is 0 Å². The van der Waals surface area contributed by atoms with Crippen LogP contribution in [-0.4, -0.2) is 16.9 Å². The summed E-state index contributed by atoms with van der Waals surface area (Å²) in [6, 6.07) is 1.77. The summed E-state index contributed by atoms with van der Waals surface area (Å²) in [6.07, 6.45) is 0.981. The highest BCUT2D eigenvalue weighted by molar-refractivity contribution is 5.95. The minimum absolute atomic E-state index is 0.339. The van der Waals surface area contributed by atoms with E-state index in [1.807, 2.05) is 6.07 Å². The predicted molar refractivity (Wildman–Crippen MR) is 64.8 cm³/mol. The first kappa shape index (κ1) is 15.5. The van der Waals surface area contributed by atoms with E-state index < -0.39 is 39.8 Å². The molecule has 1 N–H and O–H groups in total. The lowest BCUT2D eigenvalue weighted by Crippen LogP contribution is -2.34. The van der Waals surface area contributed by atoms with Crippen molar-refractivity contribution in [1.82, 2.24) is 5.32 Å². The monoisotopic (exact) mass is 283 g/mol. The first-order chi connectivity index (χ1) is 9.40. The SMILES string of the molecule is CCCC(C#N)NC(=O)c1cc(F)c([N+](=O)[O-])cc1F. The number of halogens is 2. The Morgan fingerprint density at radius 3 is 2.65 bits per heavy atom. The lowest BCUT2D eigenvalue weighted by atomic mass is 10.1. The van der Waals surface area contributed by atoms with Crippen molar-refractivity contribution in [1.29, 1.82) is 5.26 Å². The van der Waals surface area contributed by atoms with Gasteiger partial charge >= 0.3 is 5.69 Å². The van der Waals surface area contributed by atoms with Crippen molar-refractivity contribution in [3.05, 3.63) is 39.4 Å². The Labute approximate surface area is 113 Å². The highest BCUT2D eigenvalue weighted by Crippen LogP contribution is 2.21. The summed E-state index contributed by atoms with van der Waals surface area (Å²) in [7, 11) is 0. The molecule has 1 aromatic rings. The van der Waals surface area contributed by atoms with Crippen molar-refractivity contribution in [2.75, 3.05) is 0 Å². The molecule has 0 bridgehead atoms. The zero-order chi connectivity index (χ0) is 15.3. The molecule has 0 heterocycles. The summed E-state index contributed by atoms with van der Waals surface area (Å²) < 4.78 is 26.9. The number of nitro groups is 1. The van der Waals surface area contributed by atoms with Crippen LogP contribution in [-0.2, 0) is 0 Å². The summed E-state index contributed by atoms with van der Waals surface area (Å²) in [6.45, 7) is 1.79. The largest absolute Gasteiger partial charge is 0.336 e. The molecule has 0 saturated heterocycles. The highest BCUT2D eigenvalue weighted by atomic mass is 19.1. The summed E-state index contributed by atoms with van der Waals surface area (Å²) in [5.74, 6) is -3.52. The van der Waals surface area contributed by atoms with E-state index in [0.717, 1.165) is 0 Å². The molecule has 0 aliphatic rings. The van der Waals surface area contributed by atoms with Crippen molar-refractivity contribution in [2.45, 2.75) is 25.8 Å². The number of amides is 1. The third kappa shape index (κ3) is 3.47. The number of carbonyl (C=O) groups is 1. The van der Waals surface area contributed by atoms with E-state index in [0.29, 0.717) is 25.0 Å². The average molecular weight is 283 g/mol. The maximum Gasteiger partial charge on any atom is 0.307 e. The van der Waals surface area contributed by atoms with E-state index in [4.69, 9.17) is 5.26 Å². The molecule has 0 radical (unpaired) electrons. The molecule has 106 valence electrons. The number of hydrogen-bond donors (Lipinski definition) is 1. The Kier molecular flexibility index (Phi) is 5.08. The third-order valence-corrected chi connectivity index (χ3v) is 2.52. The molecule has 1 unspecified atom stereocenters. The van der Waals surface area contributed by atoms with Gasteiger partial charge in [0.05, 0.1) is 22.6 Å². The van der Waals surface area contributed by atoms with E-state index in [1.54, 1.807) is 6.92 Å². The van der Waals surface area contributed by atoms with Crippen LogP contribution >= 0.6 is 0 Å². The van der Waals surface area contributed by atoms with Crippen LogP contribution in [0.2, 0.25) is 0 Å². The fraction of sp³-hybridized carbons (Fsp3) is 0.333. The van der Waals surface area contributed by atoms with Crippen LogP contribution in [0.3, 0.4) is 0 Å². The standard InChI is InChI=1S/C12H11F2N3O3/c1-2-3-7(6-15)16-12(18)8-4-10(14)11(17(19)20)5-9(8)13/h4-5,7H,2-3H2,1H3,(H,16,18).